The summed E-state index contributed by atoms with van der Waals surface area (Å²) in [6, 6.07) is 11.8. The van der Waals surface area contributed by atoms with E-state index in [4.69, 9.17) is 4.74 Å². The van der Waals surface area contributed by atoms with Gasteiger partial charge >= 0.3 is 0 Å². The lowest BCUT2D eigenvalue weighted by molar-refractivity contribution is 0.0957. The van der Waals surface area contributed by atoms with Gasteiger partial charge in [0, 0.05) is 33.7 Å². The smallest absolute Gasteiger partial charge is 0.261 e. The molecule has 2 N–H and O–H groups in total. The molecule has 0 unspecified atom stereocenters. The molecular formula is C20H29IN4O2S. The first kappa shape index (κ1) is 24.2. The molecule has 1 amide bonds. The maximum Gasteiger partial charge on any atom is 0.261 e. The van der Waals surface area contributed by atoms with E-state index in [-0.39, 0.29) is 29.9 Å². The Morgan fingerprint density at radius 1 is 1.18 bits per heavy atom. The van der Waals surface area contributed by atoms with E-state index in [2.05, 4.69) is 32.7 Å². The first-order chi connectivity index (χ1) is 13.1. The van der Waals surface area contributed by atoms with E-state index < -0.39 is 0 Å². The number of rotatable bonds is 9. The zero-order valence-corrected chi connectivity index (χ0v) is 19.8. The average molecular weight is 516 g/mol. The van der Waals surface area contributed by atoms with Gasteiger partial charge in [0.1, 0.15) is 5.75 Å². The van der Waals surface area contributed by atoms with E-state index in [0.29, 0.717) is 13.2 Å². The normalized spacial score (nSPS) is 10.8. The molecule has 0 saturated heterocycles. The van der Waals surface area contributed by atoms with Gasteiger partial charge in [0.15, 0.2) is 5.96 Å². The fourth-order valence-electron chi connectivity index (χ4n) is 2.58. The molecule has 0 aliphatic heterocycles. The van der Waals surface area contributed by atoms with Gasteiger partial charge < -0.3 is 20.3 Å². The van der Waals surface area contributed by atoms with Crippen molar-refractivity contribution in [1.29, 1.82) is 0 Å². The number of carbonyl (C=O) groups is 1. The van der Waals surface area contributed by atoms with Gasteiger partial charge in [-0.1, -0.05) is 18.2 Å². The topological polar surface area (TPSA) is 66.0 Å². The highest BCUT2D eigenvalue weighted by Crippen LogP contribution is 2.13. The summed E-state index contributed by atoms with van der Waals surface area (Å²) < 4.78 is 5.47. The summed E-state index contributed by atoms with van der Waals surface area (Å²) in [5.41, 5.74) is 1.19. The Hall–Kier alpha value is -1.81. The minimum Gasteiger partial charge on any atom is -0.494 e. The SMILES string of the molecule is CCOc1ccc(CN(C)C(=NC)NCCCNC(=O)c2cccs2)cc1.I. The van der Waals surface area contributed by atoms with Crippen LogP contribution in [0.2, 0.25) is 0 Å². The molecule has 0 fully saturated rings. The van der Waals surface area contributed by atoms with E-state index in [9.17, 15) is 4.79 Å². The van der Waals surface area contributed by atoms with Crippen LogP contribution in [-0.4, -0.2) is 50.6 Å². The number of benzene rings is 1. The van der Waals surface area contributed by atoms with Crippen molar-refractivity contribution in [3.05, 3.63) is 52.2 Å². The van der Waals surface area contributed by atoms with E-state index in [1.807, 2.05) is 43.6 Å². The lowest BCUT2D eigenvalue weighted by atomic mass is 10.2. The number of aliphatic imine (C=N–C) groups is 1. The fraction of sp³-hybridized carbons (Fsp3) is 0.400. The van der Waals surface area contributed by atoms with Crippen molar-refractivity contribution in [3.63, 3.8) is 0 Å². The van der Waals surface area contributed by atoms with Crippen LogP contribution in [0.25, 0.3) is 0 Å². The molecule has 0 aliphatic carbocycles. The van der Waals surface area contributed by atoms with Gasteiger partial charge in [-0.2, -0.15) is 0 Å². The van der Waals surface area contributed by atoms with Gasteiger partial charge in [-0.15, -0.1) is 35.3 Å². The van der Waals surface area contributed by atoms with Crippen LogP contribution in [0.4, 0.5) is 0 Å². The van der Waals surface area contributed by atoms with Crippen molar-refractivity contribution >= 4 is 47.2 Å². The first-order valence-corrected chi connectivity index (χ1v) is 9.97. The van der Waals surface area contributed by atoms with Crippen LogP contribution in [-0.2, 0) is 6.54 Å². The van der Waals surface area contributed by atoms with Gasteiger partial charge in [-0.25, -0.2) is 0 Å². The maximum absolute atomic E-state index is 11.9. The fourth-order valence-corrected chi connectivity index (χ4v) is 3.22. The van der Waals surface area contributed by atoms with Crippen molar-refractivity contribution in [2.75, 3.05) is 33.8 Å². The molecule has 0 spiro atoms. The summed E-state index contributed by atoms with van der Waals surface area (Å²) in [5, 5.41) is 8.16. The van der Waals surface area contributed by atoms with Crippen molar-refractivity contribution < 1.29 is 9.53 Å². The number of nitrogens with one attached hydrogen (secondary N) is 2. The molecule has 1 aromatic heterocycles. The van der Waals surface area contributed by atoms with Gasteiger partial charge in [0.05, 0.1) is 11.5 Å². The molecule has 154 valence electrons. The lowest BCUT2D eigenvalue weighted by Crippen LogP contribution is -2.39. The van der Waals surface area contributed by atoms with E-state index in [1.165, 1.54) is 16.9 Å². The minimum atomic E-state index is -0.0120. The number of thiophene rings is 1. The molecule has 28 heavy (non-hydrogen) atoms. The molecule has 6 nitrogen and oxygen atoms in total. The van der Waals surface area contributed by atoms with Gasteiger partial charge in [-0.05, 0) is 42.5 Å². The van der Waals surface area contributed by atoms with Gasteiger partial charge in [0.2, 0.25) is 0 Å². The number of hydrogen-bond acceptors (Lipinski definition) is 4. The predicted octanol–water partition coefficient (Wildman–Crippen LogP) is 3.59. The second-order valence-corrected chi connectivity index (χ2v) is 6.94. The van der Waals surface area contributed by atoms with Crippen LogP contribution in [0.3, 0.4) is 0 Å². The zero-order chi connectivity index (χ0) is 19.5. The van der Waals surface area contributed by atoms with Gasteiger partial charge in [-0.3, -0.25) is 9.79 Å². The second kappa shape index (κ2) is 13.4. The number of guanidine groups is 1. The first-order valence-electron chi connectivity index (χ1n) is 9.09. The predicted molar refractivity (Wildman–Crippen MR) is 127 cm³/mol. The molecule has 2 rings (SSSR count). The minimum absolute atomic E-state index is 0. The molecule has 0 radical (unpaired) electrons. The van der Waals surface area contributed by atoms with E-state index >= 15 is 0 Å². The Morgan fingerprint density at radius 2 is 1.89 bits per heavy atom. The molecule has 1 aromatic carbocycles. The number of ether oxygens (including phenoxy) is 1. The number of amides is 1. The molecule has 0 aliphatic rings. The number of halogens is 1. The van der Waals surface area contributed by atoms with Gasteiger partial charge in [0.25, 0.3) is 5.91 Å². The molecular weight excluding hydrogens is 487 g/mol. The summed E-state index contributed by atoms with van der Waals surface area (Å²) in [5.74, 6) is 1.70. The molecule has 8 heteroatoms. The number of nitrogens with zero attached hydrogens (tertiary/aromatic N) is 2. The highest BCUT2D eigenvalue weighted by molar-refractivity contribution is 14.0. The molecule has 0 saturated carbocycles. The van der Waals surface area contributed by atoms with Crippen molar-refractivity contribution in [1.82, 2.24) is 15.5 Å². The van der Waals surface area contributed by atoms with E-state index in [1.54, 1.807) is 7.05 Å². The zero-order valence-electron chi connectivity index (χ0n) is 16.6. The summed E-state index contributed by atoms with van der Waals surface area (Å²) in [6.45, 7) is 4.77. The van der Waals surface area contributed by atoms with Crippen LogP contribution in [0.5, 0.6) is 5.75 Å². The van der Waals surface area contributed by atoms with Crippen molar-refractivity contribution in [2.45, 2.75) is 19.9 Å². The highest BCUT2D eigenvalue weighted by atomic mass is 127. The third-order valence-electron chi connectivity index (χ3n) is 3.89. The third-order valence-corrected chi connectivity index (χ3v) is 4.76. The Kier molecular flexibility index (Phi) is 11.6. The van der Waals surface area contributed by atoms with Crippen molar-refractivity contribution in [2.24, 2.45) is 4.99 Å². The Bertz CT molecular complexity index is 720. The maximum atomic E-state index is 11.9. The quantitative estimate of drug-likeness (QED) is 0.232. The average Bonchev–Trinajstić information content (AvgIpc) is 3.21. The van der Waals surface area contributed by atoms with Crippen LogP contribution in [0.15, 0.2) is 46.8 Å². The summed E-state index contributed by atoms with van der Waals surface area (Å²) in [7, 11) is 3.78. The molecule has 1 heterocycles. The van der Waals surface area contributed by atoms with Crippen LogP contribution < -0.4 is 15.4 Å². The van der Waals surface area contributed by atoms with E-state index in [0.717, 1.165) is 36.1 Å². The second-order valence-electron chi connectivity index (χ2n) is 5.99. The molecule has 0 bridgehead atoms. The Labute approximate surface area is 188 Å². The highest BCUT2D eigenvalue weighted by Gasteiger charge is 2.08. The number of carbonyl (C=O) groups excluding carboxylic acids is 1. The molecule has 2 aromatic rings. The van der Waals surface area contributed by atoms with Crippen molar-refractivity contribution in [3.8, 4) is 5.75 Å². The number of hydrogen-bond donors (Lipinski definition) is 2. The summed E-state index contributed by atoms with van der Waals surface area (Å²) in [6.07, 6.45) is 0.826. The standard InChI is InChI=1S/C20H28N4O2S.HI/c1-4-26-17-10-8-16(9-11-17)15-24(3)20(21-2)23-13-6-12-22-19(25)18-7-5-14-27-18;/h5,7-11,14H,4,6,12-13,15H2,1-3H3,(H,21,23)(H,22,25);1H. The molecule has 0 atom stereocenters. The lowest BCUT2D eigenvalue weighted by Gasteiger charge is -2.22. The van der Waals surface area contributed by atoms with Crippen LogP contribution in [0, 0.1) is 0 Å². The Balaban J connectivity index is 0.00000392. The summed E-state index contributed by atoms with van der Waals surface area (Å²) >= 11 is 1.45. The summed E-state index contributed by atoms with van der Waals surface area (Å²) in [4.78, 5) is 19.0. The largest absolute Gasteiger partial charge is 0.494 e. The Morgan fingerprint density at radius 3 is 2.50 bits per heavy atom. The monoisotopic (exact) mass is 516 g/mol. The van der Waals surface area contributed by atoms with Crippen LogP contribution >= 0.6 is 35.3 Å². The third kappa shape index (κ3) is 8.05. The van der Waals surface area contributed by atoms with Crippen LogP contribution in [0.1, 0.15) is 28.6 Å².